The number of nitrogens with zero attached hydrogens (tertiary/aromatic N) is 6. The van der Waals surface area contributed by atoms with Crippen molar-refractivity contribution in [1.82, 2.24) is 24.6 Å². The van der Waals surface area contributed by atoms with Gasteiger partial charge in [-0.2, -0.15) is 18.3 Å². The van der Waals surface area contributed by atoms with Gasteiger partial charge < -0.3 is 10.2 Å². The molecule has 8 nitrogen and oxygen atoms in total. The lowest BCUT2D eigenvalue weighted by Gasteiger charge is -2.27. The molecule has 146 valence electrons. The van der Waals surface area contributed by atoms with E-state index < -0.39 is 18.1 Å². The van der Waals surface area contributed by atoms with Crippen LogP contribution in [0.4, 0.5) is 24.8 Å². The Morgan fingerprint density at radius 2 is 2.14 bits per heavy atom. The molecule has 11 heteroatoms. The molecule has 0 radical (unpaired) electrons. The Kier molecular flexibility index (Phi) is 4.36. The Balaban J connectivity index is 1.71. The zero-order valence-electron chi connectivity index (χ0n) is 14.8. The highest BCUT2D eigenvalue weighted by molar-refractivity contribution is 6.08. The maximum Gasteiger partial charge on any atom is 0.408 e. The zero-order chi connectivity index (χ0) is 19.9. The number of halogens is 3. The van der Waals surface area contributed by atoms with Gasteiger partial charge in [-0.15, -0.1) is 0 Å². The molecule has 0 saturated carbocycles. The molecular formula is C17H16F3N7O. The molecule has 4 rings (SSSR count). The fourth-order valence-electron chi connectivity index (χ4n) is 3.38. The van der Waals surface area contributed by atoms with Gasteiger partial charge in [0.1, 0.15) is 17.4 Å². The highest BCUT2D eigenvalue weighted by atomic mass is 19.4. The smallest absolute Gasteiger partial charge is 0.344 e. The van der Waals surface area contributed by atoms with E-state index in [0.29, 0.717) is 12.1 Å². The first kappa shape index (κ1) is 18.1. The maximum absolute atomic E-state index is 13.3. The summed E-state index contributed by atoms with van der Waals surface area (Å²) in [6.07, 6.45) is 1.90. The molecular weight excluding hydrogens is 375 g/mol. The van der Waals surface area contributed by atoms with Gasteiger partial charge in [0.2, 0.25) is 0 Å². The van der Waals surface area contributed by atoms with Crippen molar-refractivity contribution in [2.24, 2.45) is 0 Å². The number of hydrogen-bond donors (Lipinski definition) is 1. The first-order valence-electron chi connectivity index (χ1n) is 8.61. The number of aryl methyl sites for hydroxylation is 1. The second kappa shape index (κ2) is 6.73. The molecule has 0 spiro atoms. The van der Waals surface area contributed by atoms with Gasteiger partial charge in [-0.3, -0.25) is 9.78 Å². The third-order valence-electron chi connectivity index (χ3n) is 4.60. The topological polar surface area (TPSA) is 88.3 Å². The molecule has 0 unspecified atom stereocenters. The van der Waals surface area contributed by atoms with E-state index in [-0.39, 0.29) is 35.8 Å². The van der Waals surface area contributed by atoms with E-state index in [4.69, 9.17) is 0 Å². The van der Waals surface area contributed by atoms with Gasteiger partial charge in [0.25, 0.3) is 5.91 Å². The van der Waals surface area contributed by atoms with E-state index >= 15 is 0 Å². The van der Waals surface area contributed by atoms with Crippen molar-refractivity contribution in [3.8, 4) is 0 Å². The van der Waals surface area contributed by atoms with Crippen molar-refractivity contribution >= 4 is 23.2 Å². The number of alkyl halides is 3. The summed E-state index contributed by atoms with van der Waals surface area (Å²) in [6, 6.07) is -0.100. The van der Waals surface area contributed by atoms with Gasteiger partial charge in [0.05, 0.1) is 11.9 Å². The van der Waals surface area contributed by atoms with Gasteiger partial charge in [0.15, 0.2) is 11.5 Å². The second-order valence-electron chi connectivity index (χ2n) is 6.45. The molecule has 1 saturated heterocycles. The van der Waals surface area contributed by atoms with Gasteiger partial charge in [0, 0.05) is 25.1 Å². The van der Waals surface area contributed by atoms with Gasteiger partial charge >= 0.3 is 6.18 Å². The quantitative estimate of drug-likeness (QED) is 0.738. The number of rotatable bonds is 3. The third-order valence-corrected chi connectivity index (χ3v) is 4.60. The lowest BCUT2D eigenvalue weighted by atomic mass is 10.2. The molecule has 3 aromatic heterocycles. The van der Waals surface area contributed by atoms with Crippen LogP contribution in [0.2, 0.25) is 0 Å². The normalized spacial score (nSPS) is 17.3. The van der Waals surface area contributed by atoms with Crippen LogP contribution < -0.4 is 10.2 Å². The minimum absolute atomic E-state index is 0.0225. The van der Waals surface area contributed by atoms with Gasteiger partial charge in [-0.25, -0.2) is 14.5 Å². The molecule has 4 heterocycles. The number of nitrogens with one attached hydrogen (secondary N) is 1. The Hall–Kier alpha value is -3.24. The fourth-order valence-corrected chi connectivity index (χ4v) is 3.38. The predicted octanol–water partition coefficient (Wildman–Crippen LogP) is 2.61. The molecule has 3 aromatic rings. The highest BCUT2D eigenvalue weighted by Gasteiger charge is 2.46. The molecule has 1 aliphatic rings. The molecule has 1 amide bonds. The lowest BCUT2D eigenvalue weighted by molar-refractivity contribution is -0.146. The average Bonchev–Trinajstić information content (AvgIpc) is 3.25. The van der Waals surface area contributed by atoms with Crippen molar-refractivity contribution in [3.05, 3.63) is 42.1 Å². The lowest BCUT2D eigenvalue weighted by Crippen LogP contribution is -2.41. The van der Waals surface area contributed by atoms with E-state index in [0.717, 1.165) is 0 Å². The summed E-state index contributed by atoms with van der Waals surface area (Å²) in [7, 11) is 0. The summed E-state index contributed by atoms with van der Waals surface area (Å²) in [4.78, 5) is 26.1. The Labute approximate surface area is 157 Å². The largest absolute Gasteiger partial charge is 0.408 e. The Morgan fingerprint density at radius 3 is 2.86 bits per heavy atom. The SMILES string of the molecule is Cc1nn2ccc(N3CCC[C@H]3C(F)(F)F)nc2c1C(=O)Nc1cnccn1. The number of hydrogen-bond acceptors (Lipinski definition) is 6. The molecule has 28 heavy (non-hydrogen) atoms. The molecule has 0 aromatic carbocycles. The third kappa shape index (κ3) is 3.23. The summed E-state index contributed by atoms with van der Waals surface area (Å²) in [5.41, 5.74) is 0.763. The minimum atomic E-state index is -4.34. The van der Waals surface area contributed by atoms with E-state index in [2.05, 4.69) is 25.4 Å². The standard InChI is InChI=1S/C17H16F3N7O/c1-10-14(16(28)23-12-9-21-5-6-22-12)15-24-13(4-8-27(15)25-10)26-7-2-3-11(26)17(18,19)20/h4-6,8-9,11H,2-3,7H2,1H3,(H,22,23,28)/t11-/m0/s1. The highest BCUT2D eigenvalue weighted by Crippen LogP contribution is 2.35. The first-order valence-corrected chi connectivity index (χ1v) is 8.61. The predicted molar refractivity (Wildman–Crippen MR) is 94.1 cm³/mol. The molecule has 1 fully saturated rings. The minimum Gasteiger partial charge on any atom is -0.344 e. The summed E-state index contributed by atoms with van der Waals surface area (Å²) in [6.45, 7) is 1.88. The summed E-state index contributed by atoms with van der Waals surface area (Å²) in [5.74, 6) is -0.0914. The first-order chi connectivity index (χ1) is 13.3. The van der Waals surface area contributed by atoms with Crippen LogP contribution in [-0.4, -0.2) is 49.2 Å². The van der Waals surface area contributed by atoms with Crippen LogP contribution in [0.1, 0.15) is 28.9 Å². The van der Waals surface area contributed by atoms with E-state index in [9.17, 15) is 18.0 Å². The number of carbonyl (C=O) groups excluding carboxylic acids is 1. The van der Waals surface area contributed by atoms with Crippen molar-refractivity contribution in [2.45, 2.75) is 32.0 Å². The van der Waals surface area contributed by atoms with Crippen molar-refractivity contribution in [2.75, 3.05) is 16.8 Å². The number of amides is 1. The maximum atomic E-state index is 13.3. The van der Waals surface area contributed by atoms with Gasteiger partial charge in [-0.05, 0) is 25.8 Å². The molecule has 1 N–H and O–H groups in total. The van der Waals surface area contributed by atoms with Crippen molar-refractivity contribution < 1.29 is 18.0 Å². The number of fused-ring (bicyclic) bond motifs is 1. The summed E-state index contributed by atoms with van der Waals surface area (Å²) >= 11 is 0. The average molecular weight is 391 g/mol. The number of carbonyl (C=O) groups is 1. The van der Waals surface area contributed by atoms with Crippen LogP contribution in [0.5, 0.6) is 0 Å². The van der Waals surface area contributed by atoms with Crippen LogP contribution in [0.3, 0.4) is 0 Å². The van der Waals surface area contributed by atoms with Crippen LogP contribution in [0.15, 0.2) is 30.9 Å². The molecule has 1 aliphatic heterocycles. The Morgan fingerprint density at radius 1 is 1.32 bits per heavy atom. The van der Waals surface area contributed by atoms with E-state index in [1.165, 1.54) is 40.3 Å². The number of anilines is 2. The van der Waals surface area contributed by atoms with Gasteiger partial charge in [-0.1, -0.05) is 0 Å². The van der Waals surface area contributed by atoms with Crippen molar-refractivity contribution in [3.63, 3.8) is 0 Å². The fraction of sp³-hybridized carbons (Fsp3) is 0.353. The van der Waals surface area contributed by atoms with Crippen LogP contribution in [-0.2, 0) is 0 Å². The summed E-state index contributed by atoms with van der Waals surface area (Å²) < 4.78 is 41.3. The van der Waals surface area contributed by atoms with E-state index in [1.807, 2.05) is 0 Å². The second-order valence-corrected chi connectivity index (χ2v) is 6.45. The van der Waals surface area contributed by atoms with Crippen LogP contribution in [0.25, 0.3) is 5.65 Å². The Bertz CT molecular complexity index is 1020. The zero-order valence-corrected chi connectivity index (χ0v) is 14.8. The number of aromatic nitrogens is 5. The monoisotopic (exact) mass is 391 g/mol. The molecule has 1 atom stereocenters. The molecule has 0 bridgehead atoms. The molecule has 0 aliphatic carbocycles. The van der Waals surface area contributed by atoms with Crippen molar-refractivity contribution in [1.29, 1.82) is 0 Å². The summed E-state index contributed by atoms with van der Waals surface area (Å²) in [5, 5.41) is 6.83. The van der Waals surface area contributed by atoms with Crippen LogP contribution >= 0.6 is 0 Å². The van der Waals surface area contributed by atoms with Crippen LogP contribution in [0, 0.1) is 6.92 Å². The van der Waals surface area contributed by atoms with E-state index in [1.54, 1.807) is 6.92 Å².